The first-order valence-electron chi connectivity index (χ1n) is 8.41. The van der Waals surface area contributed by atoms with Crippen LogP contribution in [0.25, 0.3) is 10.8 Å². The molecule has 0 aliphatic heterocycles. The second-order valence-corrected chi connectivity index (χ2v) is 10.5. The van der Waals surface area contributed by atoms with Crippen LogP contribution in [0.15, 0.2) is 46.7 Å². The number of anilines is 1. The maximum Gasteiger partial charge on any atom is 0.252 e. The normalized spacial score (nSPS) is 13.4. The van der Waals surface area contributed by atoms with Crippen LogP contribution in [0.5, 0.6) is 0 Å². The number of amides is 1. The monoisotopic (exact) mass is 420 g/mol. The number of carbonyl (C=O) groups is 1. The molecule has 0 bridgehead atoms. The molecule has 1 N–H and O–H groups in total. The van der Waals surface area contributed by atoms with Crippen LogP contribution in [-0.2, 0) is 27.7 Å². The first-order chi connectivity index (χ1) is 12.9. The second kappa shape index (κ2) is 6.91. The van der Waals surface area contributed by atoms with E-state index in [1.807, 2.05) is 24.3 Å². The Morgan fingerprint density at radius 1 is 1.15 bits per heavy atom. The Balaban J connectivity index is 1.55. The van der Waals surface area contributed by atoms with Crippen LogP contribution in [0.2, 0.25) is 4.34 Å². The van der Waals surface area contributed by atoms with Crippen molar-refractivity contribution in [2.24, 2.45) is 0 Å². The standard InChI is InChI=1S/C19H17ClN2O3S2/c1-22(27(24,25)18-10-9-16(20)26-18)11-17(23)21-15-8-7-13-6-5-12-3-2-4-14(15)19(12)13/h2-4,7-10H,5-6,11H2,1H3,(H,21,23). The molecule has 140 valence electrons. The molecule has 8 heteroatoms. The number of rotatable bonds is 5. The molecule has 1 aromatic heterocycles. The Labute approximate surface area is 166 Å². The minimum absolute atomic E-state index is 0.119. The van der Waals surface area contributed by atoms with Gasteiger partial charge < -0.3 is 5.32 Å². The summed E-state index contributed by atoms with van der Waals surface area (Å²) in [6.07, 6.45) is 2.02. The van der Waals surface area contributed by atoms with Gasteiger partial charge in [-0.25, -0.2) is 8.42 Å². The summed E-state index contributed by atoms with van der Waals surface area (Å²) in [6, 6.07) is 13.0. The molecule has 0 fully saturated rings. The van der Waals surface area contributed by atoms with Crippen molar-refractivity contribution in [1.82, 2.24) is 4.31 Å². The molecule has 1 aliphatic carbocycles. The predicted molar refractivity (Wildman–Crippen MR) is 109 cm³/mol. The molecule has 0 spiro atoms. The van der Waals surface area contributed by atoms with Crippen molar-refractivity contribution < 1.29 is 13.2 Å². The molecule has 0 radical (unpaired) electrons. The number of nitrogens with zero attached hydrogens (tertiary/aromatic N) is 1. The molecule has 0 saturated carbocycles. The number of nitrogens with one attached hydrogen (secondary N) is 1. The first kappa shape index (κ1) is 18.4. The van der Waals surface area contributed by atoms with Gasteiger partial charge >= 0.3 is 0 Å². The van der Waals surface area contributed by atoms with E-state index in [1.54, 1.807) is 0 Å². The third-order valence-electron chi connectivity index (χ3n) is 4.73. The summed E-state index contributed by atoms with van der Waals surface area (Å²) in [6.45, 7) is -0.277. The van der Waals surface area contributed by atoms with E-state index in [1.165, 1.54) is 35.7 Å². The summed E-state index contributed by atoms with van der Waals surface area (Å²) in [5, 5.41) is 5.05. The minimum atomic E-state index is -3.74. The molecule has 2 aromatic carbocycles. The molecule has 0 atom stereocenters. The molecule has 1 heterocycles. The van der Waals surface area contributed by atoms with Crippen LogP contribution >= 0.6 is 22.9 Å². The van der Waals surface area contributed by atoms with Crippen LogP contribution in [0.1, 0.15) is 11.1 Å². The number of hydrogen-bond donors (Lipinski definition) is 1. The van der Waals surface area contributed by atoms with E-state index in [0.29, 0.717) is 10.0 Å². The Kier molecular flexibility index (Phi) is 4.71. The topological polar surface area (TPSA) is 66.5 Å². The Morgan fingerprint density at radius 2 is 1.89 bits per heavy atom. The first-order valence-corrected chi connectivity index (χ1v) is 11.0. The van der Waals surface area contributed by atoms with Crippen molar-refractivity contribution in [3.05, 3.63) is 57.9 Å². The van der Waals surface area contributed by atoms with Crippen molar-refractivity contribution in [3.8, 4) is 0 Å². The summed E-state index contributed by atoms with van der Waals surface area (Å²) in [5.41, 5.74) is 3.27. The number of halogens is 1. The van der Waals surface area contributed by atoms with E-state index in [-0.39, 0.29) is 16.7 Å². The molecule has 27 heavy (non-hydrogen) atoms. The highest BCUT2D eigenvalue weighted by molar-refractivity contribution is 7.91. The third kappa shape index (κ3) is 3.36. The zero-order valence-electron chi connectivity index (χ0n) is 14.5. The van der Waals surface area contributed by atoms with E-state index in [4.69, 9.17) is 11.6 Å². The average Bonchev–Trinajstić information content (AvgIpc) is 3.25. The number of thiophene rings is 1. The fraction of sp³-hybridized carbons (Fsp3) is 0.211. The maximum atomic E-state index is 12.5. The molecule has 0 saturated heterocycles. The van der Waals surface area contributed by atoms with E-state index in [9.17, 15) is 13.2 Å². The zero-order valence-corrected chi connectivity index (χ0v) is 16.9. The van der Waals surface area contributed by atoms with Gasteiger partial charge in [0.2, 0.25) is 5.91 Å². The van der Waals surface area contributed by atoms with Gasteiger partial charge in [0.15, 0.2) is 0 Å². The molecule has 4 rings (SSSR count). The van der Waals surface area contributed by atoms with Gasteiger partial charge in [-0.15, -0.1) is 11.3 Å². The molecule has 1 amide bonds. The summed E-state index contributed by atoms with van der Waals surface area (Å²) >= 11 is 6.80. The lowest BCUT2D eigenvalue weighted by Gasteiger charge is -2.16. The molecule has 5 nitrogen and oxygen atoms in total. The Morgan fingerprint density at radius 3 is 2.59 bits per heavy atom. The summed E-state index contributed by atoms with van der Waals surface area (Å²) in [4.78, 5) is 12.5. The minimum Gasteiger partial charge on any atom is -0.324 e. The quantitative estimate of drug-likeness (QED) is 0.680. The number of likely N-dealkylation sites (N-methyl/N-ethyl adjacent to an activating group) is 1. The number of sulfonamides is 1. The number of benzene rings is 2. The molecule has 0 unspecified atom stereocenters. The highest BCUT2D eigenvalue weighted by atomic mass is 35.5. The van der Waals surface area contributed by atoms with E-state index in [0.717, 1.165) is 33.9 Å². The lowest BCUT2D eigenvalue weighted by Crippen LogP contribution is -2.34. The maximum absolute atomic E-state index is 12.5. The van der Waals surface area contributed by atoms with E-state index >= 15 is 0 Å². The van der Waals surface area contributed by atoms with Gasteiger partial charge in [-0.3, -0.25) is 4.79 Å². The molecular formula is C19H17ClN2O3S2. The van der Waals surface area contributed by atoms with Crippen molar-refractivity contribution in [2.75, 3.05) is 18.9 Å². The van der Waals surface area contributed by atoms with Crippen molar-refractivity contribution in [3.63, 3.8) is 0 Å². The van der Waals surface area contributed by atoms with Gasteiger partial charge in [0.25, 0.3) is 10.0 Å². The lowest BCUT2D eigenvalue weighted by molar-refractivity contribution is -0.116. The van der Waals surface area contributed by atoms with Gasteiger partial charge in [0.1, 0.15) is 4.21 Å². The highest BCUT2D eigenvalue weighted by Crippen LogP contribution is 2.35. The smallest absolute Gasteiger partial charge is 0.252 e. The van der Waals surface area contributed by atoms with Gasteiger partial charge in [-0.1, -0.05) is 35.9 Å². The molecule has 3 aromatic rings. The van der Waals surface area contributed by atoms with Crippen molar-refractivity contribution in [1.29, 1.82) is 0 Å². The highest BCUT2D eigenvalue weighted by Gasteiger charge is 2.25. The predicted octanol–water partition coefficient (Wildman–Crippen LogP) is 3.91. The van der Waals surface area contributed by atoms with Crippen LogP contribution in [0, 0.1) is 0 Å². The van der Waals surface area contributed by atoms with Crippen molar-refractivity contribution >= 4 is 55.3 Å². The second-order valence-electron chi connectivity index (χ2n) is 6.48. The van der Waals surface area contributed by atoms with Crippen LogP contribution in [0.4, 0.5) is 5.69 Å². The van der Waals surface area contributed by atoms with Gasteiger partial charge in [-0.05, 0) is 47.6 Å². The summed E-state index contributed by atoms with van der Waals surface area (Å²) < 4.78 is 26.6. The lowest BCUT2D eigenvalue weighted by atomic mass is 10.0. The fourth-order valence-corrected chi connectivity index (χ4v) is 6.24. The third-order valence-corrected chi connectivity index (χ3v) is 8.23. The molecular weight excluding hydrogens is 404 g/mol. The molecule has 1 aliphatic rings. The number of carbonyl (C=O) groups excluding carboxylic acids is 1. The summed E-state index contributed by atoms with van der Waals surface area (Å²) in [7, 11) is -2.36. The van der Waals surface area contributed by atoms with Crippen LogP contribution < -0.4 is 5.32 Å². The Hall–Kier alpha value is -1.93. The number of aryl methyl sites for hydroxylation is 2. The van der Waals surface area contributed by atoms with E-state index in [2.05, 4.69) is 11.4 Å². The van der Waals surface area contributed by atoms with Crippen molar-refractivity contribution in [2.45, 2.75) is 17.1 Å². The van der Waals surface area contributed by atoms with Crippen LogP contribution in [0.3, 0.4) is 0 Å². The largest absolute Gasteiger partial charge is 0.324 e. The average molecular weight is 421 g/mol. The SMILES string of the molecule is CN(CC(=O)Nc1ccc2c3c(cccc13)CC2)S(=O)(=O)c1ccc(Cl)s1. The Bertz CT molecular complexity index is 1140. The van der Waals surface area contributed by atoms with Gasteiger partial charge in [-0.2, -0.15) is 4.31 Å². The summed E-state index contributed by atoms with van der Waals surface area (Å²) in [5.74, 6) is -0.387. The van der Waals surface area contributed by atoms with Crippen LogP contribution in [-0.4, -0.2) is 32.2 Å². The van der Waals surface area contributed by atoms with Gasteiger partial charge in [0.05, 0.1) is 10.9 Å². The fourth-order valence-electron chi connectivity index (χ4n) is 3.42. The van der Waals surface area contributed by atoms with Gasteiger partial charge in [0, 0.05) is 18.1 Å². The van der Waals surface area contributed by atoms with E-state index < -0.39 is 10.0 Å². The number of hydrogen-bond acceptors (Lipinski definition) is 4. The zero-order chi connectivity index (χ0) is 19.2.